The number of H-pyrrole nitrogens is 1. The molecule has 3 rings (SSSR count). The minimum Gasteiger partial charge on any atom is -0.311 e. The normalized spacial score (nSPS) is 21.5. The molecule has 1 aromatic heterocycles. The summed E-state index contributed by atoms with van der Waals surface area (Å²) in [6.07, 6.45) is 9.71. The molecule has 0 atom stereocenters. The van der Waals surface area contributed by atoms with Gasteiger partial charge in [0.05, 0.1) is 5.69 Å². The van der Waals surface area contributed by atoms with Crippen LogP contribution in [-0.2, 0) is 13.0 Å². The molecular formula is C15H23N3O. The summed E-state index contributed by atoms with van der Waals surface area (Å²) in [6, 6.07) is 0. The first kappa shape index (κ1) is 12.9. The van der Waals surface area contributed by atoms with Gasteiger partial charge in [0.25, 0.3) is 5.56 Å². The van der Waals surface area contributed by atoms with E-state index in [9.17, 15) is 4.79 Å². The van der Waals surface area contributed by atoms with E-state index in [1.807, 2.05) is 0 Å². The minimum absolute atomic E-state index is 0.101. The van der Waals surface area contributed by atoms with Crippen LogP contribution in [0, 0.1) is 0 Å². The third-order valence-electron chi connectivity index (χ3n) is 4.46. The molecule has 19 heavy (non-hydrogen) atoms. The number of fused-ring (bicyclic) bond motifs is 1. The zero-order valence-corrected chi connectivity index (χ0v) is 11.5. The van der Waals surface area contributed by atoms with Crippen LogP contribution in [-0.4, -0.2) is 16.5 Å². The number of aromatic nitrogens is 2. The summed E-state index contributed by atoms with van der Waals surface area (Å²) in [4.78, 5) is 20.0. The Labute approximate surface area is 114 Å². The van der Waals surface area contributed by atoms with Crippen LogP contribution >= 0.6 is 0 Å². The van der Waals surface area contributed by atoms with E-state index in [0.29, 0.717) is 5.92 Å². The van der Waals surface area contributed by atoms with Crippen LogP contribution in [0.2, 0.25) is 0 Å². The van der Waals surface area contributed by atoms with Crippen LogP contribution in [0.15, 0.2) is 4.79 Å². The molecule has 0 saturated heterocycles. The van der Waals surface area contributed by atoms with Crippen molar-refractivity contribution in [1.82, 2.24) is 15.3 Å². The summed E-state index contributed by atoms with van der Waals surface area (Å²) < 4.78 is 0. The van der Waals surface area contributed by atoms with Gasteiger partial charge in [-0.2, -0.15) is 0 Å². The monoisotopic (exact) mass is 261 g/mol. The fourth-order valence-electron chi connectivity index (χ4n) is 3.31. The molecule has 0 amide bonds. The van der Waals surface area contributed by atoms with E-state index in [0.717, 1.165) is 36.6 Å². The molecule has 0 aromatic carbocycles. The topological polar surface area (TPSA) is 57.8 Å². The molecular weight excluding hydrogens is 238 g/mol. The van der Waals surface area contributed by atoms with E-state index in [1.165, 1.54) is 44.9 Å². The maximum Gasteiger partial charge on any atom is 0.254 e. The lowest BCUT2D eigenvalue weighted by Gasteiger charge is -2.21. The van der Waals surface area contributed by atoms with Gasteiger partial charge in [-0.25, -0.2) is 4.98 Å². The average Bonchev–Trinajstić information content (AvgIpc) is 2.38. The van der Waals surface area contributed by atoms with Crippen molar-refractivity contribution in [3.8, 4) is 0 Å². The van der Waals surface area contributed by atoms with E-state index < -0.39 is 0 Å². The van der Waals surface area contributed by atoms with Crippen molar-refractivity contribution in [2.24, 2.45) is 0 Å². The van der Waals surface area contributed by atoms with Crippen LogP contribution in [0.25, 0.3) is 0 Å². The molecule has 104 valence electrons. The molecule has 2 heterocycles. The predicted octanol–water partition coefficient (Wildman–Crippen LogP) is 2.24. The fourth-order valence-corrected chi connectivity index (χ4v) is 3.31. The average molecular weight is 261 g/mol. The van der Waals surface area contributed by atoms with Crippen molar-refractivity contribution >= 4 is 0 Å². The van der Waals surface area contributed by atoms with Crippen molar-refractivity contribution in [3.63, 3.8) is 0 Å². The quantitative estimate of drug-likeness (QED) is 0.815. The second-order valence-corrected chi connectivity index (χ2v) is 5.85. The van der Waals surface area contributed by atoms with Crippen molar-refractivity contribution in [3.05, 3.63) is 27.4 Å². The molecule has 2 aliphatic rings. The maximum absolute atomic E-state index is 12.2. The highest BCUT2D eigenvalue weighted by Gasteiger charge is 2.20. The molecule has 0 spiro atoms. The van der Waals surface area contributed by atoms with Crippen LogP contribution < -0.4 is 10.9 Å². The first-order chi connectivity index (χ1) is 9.34. The number of hydrogen-bond donors (Lipinski definition) is 2. The van der Waals surface area contributed by atoms with E-state index in [1.54, 1.807) is 0 Å². The number of nitrogens with zero attached hydrogens (tertiary/aromatic N) is 1. The van der Waals surface area contributed by atoms with Crippen molar-refractivity contribution in [1.29, 1.82) is 0 Å². The molecule has 1 aliphatic carbocycles. The molecule has 0 bridgehead atoms. The zero-order chi connectivity index (χ0) is 13.1. The molecule has 1 fully saturated rings. The van der Waals surface area contributed by atoms with Gasteiger partial charge in [-0.1, -0.05) is 32.1 Å². The molecule has 1 aliphatic heterocycles. The lowest BCUT2D eigenvalue weighted by Crippen LogP contribution is -2.32. The third kappa shape index (κ3) is 2.89. The third-order valence-corrected chi connectivity index (χ3v) is 4.46. The zero-order valence-electron chi connectivity index (χ0n) is 11.5. The van der Waals surface area contributed by atoms with Gasteiger partial charge in [-0.15, -0.1) is 0 Å². The smallest absolute Gasteiger partial charge is 0.254 e. The van der Waals surface area contributed by atoms with Gasteiger partial charge in [0, 0.05) is 18.0 Å². The lowest BCUT2D eigenvalue weighted by molar-refractivity contribution is 0.438. The fraction of sp³-hybridized carbons (Fsp3) is 0.733. The summed E-state index contributed by atoms with van der Waals surface area (Å²) in [5.74, 6) is 1.40. The Hall–Kier alpha value is -1.16. The summed E-state index contributed by atoms with van der Waals surface area (Å²) in [5.41, 5.74) is 1.98. The minimum atomic E-state index is 0.101. The maximum atomic E-state index is 12.2. The lowest BCUT2D eigenvalue weighted by atomic mass is 9.90. The highest BCUT2D eigenvalue weighted by Crippen LogP contribution is 2.28. The Morgan fingerprint density at radius 1 is 1.05 bits per heavy atom. The SMILES string of the molecule is O=c1[nH]c(C2CCCCCCC2)nc2c1CCNC2. The largest absolute Gasteiger partial charge is 0.311 e. The Kier molecular flexibility index (Phi) is 3.97. The molecule has 4 heteroatoms. The highest BCUT2D eigenvalue weighted by atomic mass is 16.1. The first-order valence-corrected chi connectivity index (χ1v) is 7.67. The van der Waals surface area contributed by atoms with Gasteiger partial charge in [0.2, 0.25) is 0 Å². The van der Waals surface area contributed by atoms with Crippen molar-refractivity contribution in [2.75, 3.05) is 6.54 Å². The van der Waals surface area contributed by atoms with Crippen molar-refractivity contribution < 1.29 is 0 Å². The number of rotatable bonds is 1. The summed E-state index contributed by atoms with van der Waals surface area (Å²) in [5, 5.41) is 3.31. The van der Waals surface area contributed by atoms with Crippen LogP contribution in [0.4, 0.5) is 0 Å². The Morgan fingerprint density at radius 3 is 2.58 bits per heavy atom. The number of hydrogen-bond acceptors (Lipinski definition) is 3. The Morgan fingerprint density at radius 2 is 1.79 bits per heavy atom. The molecule has 2 N–H and O–H groups in total. The van der Waals surface area contributed by atoms with Crippen LogP contribution in [0.3, 0.4) is 0 Å². The van der Waals surface area contributed by atoms with Gasteiger partial charge < -0.3 is 10.3 Å². The molecule has 0 unspecified atom stereocenters. The molecule has 4 nitrogen and oxygen atoms in total. The van der Waals surface area contributed by atoms with E-state index in [2.05, 4.69) is 10.3 Å². The van der Waals surface area contributed by atoms with Gasteiger partial charge in [-0.05, 0) is 25.8 Å². The predicted molar refractivity (Wildman–Crippen MR) is 75.3 cm³/mol. The molecule has 0 radical (unpaired) electrons. The van der Waals surface area contributed by atoms with E-state index >= 15 is 0 Å². The number of aromatic amines is 1. The first-order valence-electron chi connectivity index (χ1n) is 7.67. The summed E-state index contributed by atoms with van der Waals surface area (Å²) >= 11 is 0. The number of nitrogens with one attached hydrogen (secondary N) is 2. The van der Waals surface area contributed by atoms with E-state index in [-0.39, 0.29) is 5.56 Å². The Bertz CT molecular complexity index is 487. The van der Waals surface area contributed by atoms with Gasteiger partial charge in [-0.3, -0.25) is 4.79 Å². The van der Waals surface area contributed by atoms with Gasteiger partial charge >= 0.3 is 0 Å². The van der Waals surface area contributed by atoms with E-state index in [4.69, 9.17) is 4.98 Å². The van der Waals surface area contributed by atoms with Gasteiger partial charge in [0.15, 0.2) is 0 Å². The summed E-state index contributed by atoms with van der Waals surface area (Å²) in [7, 11) is 0. The highest BCUT2D eigenvalue weighted by molar-refractivity contribution is 5.21. The molecule has 1 saturated carbocycles. The Balaban J connectivity index is 1.87. The van der Waals surface area contributed by atoms with Crippen LogP contribution in [0.5, 0.6) is 0 Å². The second-order valence-electron chi connectivity index (χ2n) is 5.85. The van der Waals surface area contributed by atoms with Crippen LogP contribution in [0.1, 0.15) is 67.9 Å². The second kappa shape index (κ2) is 5.87. The van der Waals surface area contributed by atoms with Crippen molar-refractivity contribution in [2.45, 2.75) is 63.8 Å². The molecule has 1 aromatic rings. The van der Waals surface area contributed by atoms with Gasteiger partial charge in [0.1, 0.15) is 5.82 Å². The standard InChI is InChI=1S/C15H23N3O/c19-15-12-8-9-16-10-13(12)17-14(18-15)11-6-4-2-1-3-5-7-11/h11,16H,1-10H2,(H,17,18,19). The summed E-state index contributed by atoms with van der Waals surface area (Å²) in [6.45, 7) is 1.64.